The van der Waals surface area contributed by atoms with E-state index in [0.717, 1.165) is 0 Å². The first-order valence-corrected chi connectivity index (χ1v) is 4.01. The fourth-order valence-corrected chi connectivity index (χ4v) is 1.30. The SMILES string of the molecule is COc1nc(N)nc2cccc(O)c12. The molecule has 72 valence electrons. The number of anilines is 1. The van der Waals surface area contributed by atoms with Gasteiger partial charge in [-0.2, -0.15) is 4.98 Å². The van der Waals surface area contributed by atoms with E-state index in [-0.39, 0.29) is 17.6 Å². The number of ether oxygens (including phenoxy) is 1. The Hall–Kier alpha value is -2.04. The van der Waals surface area contributed by atoms with E-state index in [4.69, 9.17) is 10.5 Å². The van der Waals surface area contributed by atoms with Gasteiger partial charge < -0.3 is 15.6 Å². The van der Waals surface area contributed by atoms with Crippen molar-refractivity contribution in [3.05, 3.63) is 18.2 Å². The zero-order valence-electron chi connectivity index (χ0n) is 7.56. The quantitative estimate of drug-likeness (QED) is 0.700. The summed E-state index contributed by atoms with van der Waals surface area (Å²) in [5, 5.41) is 10.0. The van der Waals surface area contributed by atoms with Crippen LogP contribution in [0.25, 0.3) is 10.9 Å². The Labute approximate surface area is 80.2 Å². The van der Waals surface area contributed by atoms with Crippen molar-refractivity contribution in [2.45, 2.75) is 0 Å². The third-order valence-corrected chi connectivity index (χ3v) is 1.88. The van der Waals surface area contributed by atoms with Crippen molar-refractivity contribution in [1.29, 1.82) is 0 Å². The summed E-state index contributed by atoms with van der Waals surface area (Å²) in [5.74, 6) is 0.491. The molecule has 14 heavy (non-hydrogen) atoms. The number of hydrogen-bond donors (Lipinski definition) is 2. The maximum atomic E-state index is 9.57. The number of benzene rings is 1. The molecule has 1 aromatic carbocycles. The van der Waals surface area contributed by atoms with E-state index in [1.54, 1.807) is 18.2 Å². The number of nitrogens with zero attached hydrogens (tertiary/aromatic N) is 2. The monoisotopic (exact) mass is 191 g/mol. The number of hydrogen-bond acceptors (Lipinski definition) is 5. The number of nitrogens with two attached hydrogens (primary N) is 1. The molecule has 1 heterocycles. The molecule has 0 aliphatic rings. The summed E-state index contributed by atoms with van der Waals surface area (Å²) in [6.07, 6.45) is 0. The van der Waals surface area contributed by atoms with Crippen LogP contribution in [0.1, 0.15) is 0 Å². The summed E-state index contributed by atoms with van der Waals surface area (Å²) >= 11 is 0. The second-order valence-electron chi connectivity index (χ2n) is 2.76. The molecule has 0 aliphatic heterocycles. The van der Waals surface area contributed by atoms with Gasteiger partial charge in [-0.1, -0.05) is 6.07 Å². The fourth-order valence-electron chi connectivity index (χ4n) is 1.30. The summed E-state index contributed by atoms with van der Waals surface area (Å²) in [5.41, 5.74) is 6.03. The highest BCUT2D eigenvalue weighted by Gasteiger charge is 2.09. The summed E-state index contributed by atoms with van der Waals surface area (Å²) in [6.45, 7) is 0. The van der Waals surface area contributed by atoms with Gasteiger partial charge in [-0.25, -0.2) is 4.98 Å². The highest BCUT2D eigenvalue weighted by molar-refractivity contribution is 5.90. The summed E-state index contributed by atoms with van der Waals surface area (Å²) in [7, 11) is 1.47. The van der Waals surface area contributed by atoms with Crippen LogP contribution in [0.2, 0.25) is 0 Å². The molecule has 2 rings (SSSR count). The fraction of sp³-hybridized carbons (Fsp3) is 0.111. The maximum absolute atomic E-state index is 9.57. The van der Waals surface area contributed by atoms with Crippen LogP contribution in [0.3, 0.4) is 0 Å². The average Bonchev–Trinajstić information content (AvgIpc) is 2.16. The van der Waals surface area contributed by atoms with Gasteiger partial charge in [-0.15, -0.1) is 0 Å². The number of phenols is 1. The van der Waals surface area contributed by atoms with Gasteiger partial charge in [-0.05, 0) is 12.1 Å². The number of aromatic nitrogens is 2. The molecule has 0 radical (unpaired) electrons. The summed E-state index contributed by atoms with van der Waals surface area (Å²) < 4.78 is 5.00. The van der Waals surface area contributed by atoms with Crippen molar-refractivity contribution in [1.82, 2.24) is 9.97 Å². The van der Waals surface area contributed by atoms with Crippen molar-refractivity contribution in [3.8, 4) is 11.6 Å². The first-order valence-electron chi connectivity index (χ1n) is 4.01. The highest BCUT2D eigenvalue weighted by atomic mass is 16.5. The van der Waals surface area contributed by atoms with Crippen LogP contribution < -0.4 is 10.5 Å². The predicted molar refractivity (Wildman–Crippen MR) is 52.2 cm³/mol. The van der Waals surface area contributed by atoms with Crippen molar-refractivity contribution in [2.24, 2.45) is 0 Å². The van der Waals surface area contributed by atoms with Crippen LogP contribution in [0.5, 0.6) is 11.6 Å². The largest absolute Gasteiger partial charge is 0.507 e. The van der Waals surface area contributed by atoms with Gasteiger partial charge in [-0.3, -0.25) is 0 Å². The Morgan fingerprint density at radius 1 is 1.36 bits per heavy atom. The van der Waals surface area contributed by atoms with Crippen LogP contribution in [0.15, 0.2) is 18.2 Å². The molecule has 3 N–H and O–H groups in total. The second kappa shape index (κ2) is 3.02. The van der Waals surface area contributed by atoms with Crippen LogP contribution in [-0.4, -0.2) is 22.2 Å². The second-order valence-corrected chi connectivity index (χ2v) is 2.76. The molecule has 0 unspecified atom stereocenters. The number of aromatic hydroxyl groups is 1. The lowest BCUT2D eigenvalue weighted by atomic mass is 10.2. The van der Waals surface area contributed by atoms with Gasteiger partial charge in [0.25, 0.3) is 0 Å². The van der Waals surface area contributed by atoms with Gasteiger partial charge >= 0.3 is 0 Å². The summed E-state index contributed by atoms with van der Waals surface area (Å²) in [6, 6.07) is 4.96. The standard InChI is InChI=1S/C9H9N3O2/c1-14-8-7-5(11-9(10)12-8)3-2-4-6(7)13/h2-4,13H,1H3,(H2,10,11,12). The third kappa shape index (κ3) is 1.19. The minimum Gasteiger partial charge on any atom is -0.507 e. The van der Waals surface area contributed by atoms with E-state index in [2.05, 4.69) is 9.97 Å². The normalized spacial score (nSPS) is 10.4. The molecule has 2 aromatic rings. The van der Waals surface area contributed by atoms with Crippen molar-refractivity contribution >= 4 is 16.9 Å². The topological polar surface area (TPSA) is 81.3 Å². The molecule has 0 bridgehead atoms. The number of methoxy groups -OCH3 is 1. The van der Waals surface area contributed by atoms with Crippen LogP contribution in [0.4, 0.5) is 5.95 Å². The van der Waals surface area contributed by atoms with Crippen molar-refractivity contribution in [3.63, 3.8) is 0 Å². The highest BCUT2D eigenvalue weighted by Crippen LogP contribution is 2.30. The smallest absolute Gasteiger partial charge is 0.229 e. The molecule has 0 fully saturated rings. The molecule has 0 aliphatic carbocycles. The van der Waals surface area contributed by atoms with Crippen molar-refractivity contribution in [2.75, 3.05) is 12.8 Å². The molecular formula is C9H9N3O2. The van der Waals surface area contributed by atoms with Crippen LogP contribution >= 0.6 is 0 Å². The molecule has 5 heteroatoms. The zero-order valence-corrected chi connectivity index (χ0v) is 7.56. The average molecular weight is 191 g/mol. The van der Waals surface area contributed by atoms with Crippen molar-refractivity contribution < 1.29 is 9.84 Å². The van der Waals surface area contributed by atoms with Gasteiger partial charge in [0, 0.05) is 0 Å². The van der Waals surface area contributed by atoms with Crippen LogP contribution in [-0.2, 0) is 0 Å². The van der Waals surface area contributed by atoms with E-state index in [1.807, 2.05) is 0 Å². The number of rotatable bonds is 1. The Morgan fingerprint density at radius 2 is 2.14 bits per heavy atom. The Morgan fingerprint density at radius 3 is 2.86 bits per heavy atom. The molecule has 0 saturated carbocycles. The lowest BCUT2D eigenvalue weighted by molar-refractivity contribution is 0.400. The van der Waals surface area contributed by atoms with E-state index >= 15 is 0 Å². The lowest BCUT2D eigenvalue weighted by Crippen LogP contribution is -1.98. The molecule has 5 nitrogen and oxygen atoms in total. The number of fused-ring (bicyclic) bond motifs is 1. The first kappa shape index (κ1) is 8.55. The minimum atomic E-state index is 0.0827. The molecule has 0 spiro atoms. The third-order valence-electron chi connectivity index (χ3n) is 1.88. The zero-order chi connectivity index (χ0) is 10.1. The Kier molecular flexibility index (Phi) is 1.85. The molecule has 1 aromatic heterocycles. The Bertz CT molecular complexity index is 485. The van der Waals surface area contributed by atoms with E-state index in [9.17, 15) is 5.11 Å². The lowest BCUT2D eigenvalue weighted by Gasteiger charge is -2.05. The van der Waals surface area contributed by atoms with Gasteiger partial charge in [0.1, 0.15) is 11.1 Å². The molecule has 0 atom stereocenters. The van der Waals surface area contributed by atoms with E-state index < -0.39 is 0 Å². The minimum absolute atomic E-state index is 0.0827. The first-order chi connectivity index (χ1) is 6.72. The number of nitrogen functional groups attached to an aromatic ring is 1. The van der Waals surface area contributed by atoms with Gasteiger partial charge in [0.15, 0.2) is 0 Å². The molecular weight excluding hydrogens is 182 g/mol. The van der Waals surface area contributed by atoms with Gasteiger partial charge in [0.05, 0.1) is 12.6 Å². The van der Waals surface area contributed by atoms with E-state index in [1.165, 1.54) is 7.11 Å². The van der Waals surface area contributed by atoms with Gasteiger partial charge in [0.2, 0.25) is 11.8 Å². The maximum Gasteiger partial charge on any atom is 0.229 e. The Balaban J connectivity index is 2.88. The van der Waals surface area contributed by atoms with Crippen LogP contribution in [0, 0.1) is 0 Å². The summed E-state index contributed by atoms with van der Waals surface area (Å²) in [4.78, 5) is 7.84. The molecule has 0 saturated heterocycles. The number of phenolic OH excluding ortho intramolecular Hbond substituents is 1. The van der Waals surface area contributed by atoms with E-state index in [0.29, 0.717) is 10.9 Å². The molecule has 0 amide bonds. The predicted octanol–water partition coefficient (Wildman–Crippen LogP) is 0.926.